The molecule has 0 aliphatic rings. The van der Waals surface area contributed by atoms with Crippen molar-refractivity contribution in [3.63, 3.8) is 0 Å². The normalized spacial score (nSPS) is 10.7. The molecule has 0 unspecified atom stereocenters. The number of carbonyl (C=O) groups is 1. The van der Waals surface area contributed by atoms with E-state index in [0.29, 0.717) is 23.0 Å². The van der Waals surface area contributed by atoms with Crippen molar-refractivity contribution in [2.75, 3.05) is 0 Å². The molecule has 0 saturated heterocycles. The molecule has 6 nitrogen and oxygen atoms in total. The molecular weight excluding hydrogens is 403 g/mol. The first-order valence-corrected chi connectivity index (χ1v) is 9.15. The standard InChI is InChI=1S/C20H16Cl2N2O4/c1-3-24-17(28-16-6-4-5-11(2)23-16)10-15(25)18(20(26)27)19(24)12-7-8-13(21)14(22)9-12/h4-10H,3H2,1-2H3,(H,26,27). The summed E-state index contributed by atoms with van der Waals surface area (Å²) in [6.07, 6.45) is 0. The fourth-order valence-electron chi connectivity index (χ4n) is 2.85. The minimum atomic E-state index is -1.34. The fourth-order valence-corrected chi connectivity index (χ4v) is 3.15. The summed E-state index contributed by atoms with van der Waals surface area (Å²) in [6.45, 7) is 3.97. The molecule has 0 saturated carbocycles. The second kappa shape index (κ2) is 8.04. The Labute approximate surface area is 170 Å². The van der Waals surface area contributed by atoms with Crippen molar-refractivity contribution in [1.29, 1.82) is 0 Å². The Balaban J connectivity index is 2.28. The van der Waals surface area contributed by atoms with Gasteiger partial charge in [-0.3, -0.25) is 4.79 Å². The van der Waals surface area contributed by atoms with E-state index in [9.17, 15) is 14.7 Å². The summed E-state index contributed by atoms with van der Waals surface area (Å²) in [7, 11) is 0. The first-order chi connectivity index (χ1) is 13.3. The van der Waals surface area contributed by atoms with Crippen LogP contribution < -0.4 is 10.2 Å². The molecule has 1 N–H and O–H groups in total. The third-order valence-electron chi connectivity index (χ3n) is 4.07. The van der Waals surface area contributed by atoms with Gasteiger partial charge in [-0.05, 0) is 32.0 Å². The van der Waals surface area contributed by atoms with E-state index in [0.717, 1.165) is 11.8 Å². The van der Waals surface area contributed by atoms with Crippen molar-refractivity contribution in [3.8, 4) is 23.0 Å². The molecule has 2 heterocycles. The summed E-state index contributed by atoms with van der Waals surface area (Å²) in [5, 5.41) is 10.2. The molecule has 0 radical (unpaired) electrons. The van der Waals surface area contributed by atoms with Crippen LogP contribution in [0.5, 0.6) is 11.8 Å². The topological polar surface area (TPSA) is 81.4 Å². The van der Waals surface area contributed by atoms with Gasteiger partial charge in [-0.25, -0.2) is 9.78 Å². The monoisotopic (exact) mass is 418 g/mol. The number of nitrogens with zero attached hydrogens (tertiary/aromatic N) is 2. The molecule has 2 aromatic heterocycles. The van der Waals surface area contributed by atoms with E-state index in [1.807, 2.05) is 19.9 Å². The molecule has 1 aromatic carbocycles. The number of aryl methyl sites for hydroxylation is 1. The third-order valence-corrected chi connectivity index (χ3v) is 4.81. The number of rotatable bonds is 5. The summed E-state index contributed by atoms with van der Waals surface area (Å²) in [5.41, 5.74) is 0.317. The highest BCUT2D eigenvalue weighted by Crippen LogP contribution is 2.32. The number of pyridine rings is 2. The predicted molar refractivity (Wildman–Crippen MR) is 108 cm³/mol. The van der Waals surface area contributed by atoms with Crippen molar-refractivity contribution in [3.05, 3.63) is 74.0 Å². The first-order valence-electron chi connectivity index (χ1n) is 8.40. The summed E-state index contributed by atoms with van der Waals surface area (Å²) >= 11 is 12.1. The first kappa shape index (κ1) is 19.9. The zero-order chi connectivity index (χ0) is 20.4. The van der Waals surface area contributed by atoms with Gasteiger partial charge < -0.3 is 14.4 Å². The van der Waals surface area contributed by atoms with Crippen LogP contribution in [0.3, 0.4) is 0 Å². The average Bonchev–Trinajstić information content (AvgIpc) is 2.63. The van der Waals surface area contributed by atoms with Crippen molar-refractivity contribution >= 4 is 29.2 Å². The van der Waals surface area contributed by atoms with Crippen molar-refractivity contribution in [1.82, 2.24) is 9.55 Å². The number of aromatic nitrogens is 2. The van der Waals surface area contributed by atoms with Gasteiger partial charge in [0.1, 0.15) is 5.56 Å². The number of ether oxygens (including phenoxy) is 1. The number of halogens is 2. The van der Waals surface area contributed by atoms with Crippen LogP contribution >= 0.6 is 23.2 Å². The van der Waals surface area contributed by atoms with Gasteiger partial charge in [-0.15, -0.1) is 0 Å². The summed E-state index contributed by atoms with van der Waals surface area (Å²) < 4.78 is 7.40. The van der Waals surface area contributed by atoms with E-state index >= 15 is 0 Å². The van der Waals surface area contributed by atoms with Crippen LogP contribution in [0.15, 0.2) is 47.3 Å². The molecule has 8 heteroatoms. The van der Waals surface area contributed by atoms with E-state index < -0.39 is 11.4 Å². The summed E-state index contributed by atoms with van der Waals surface area (Å²) in [4.78, 5) is 28.7. The van der Waals surface area contributed by atoms with Crippen LogP contribution in [0.1, 0.15) is 23.0 Å². The Morgan fingerprint density at radius 2 is 1.93 bits per heavy atom. The lowest BCUT2D eigenvalue weighted by molar-refractivity contribution is 0.0695. The lowest BCUT2D eigenvalue weighted by atomic mass is 10.0. The second-order valence-electron chi connectivity index (χ2n) is 5.97. The van der Waals surface area contributed by atoms with Crippen molar-refractivity contribution in [2.24, 2.45) is 0 Å². The maximum absolute atomic E-state index is 12.6. The molecule has 0 amide bonds. The van der Waals surface area contributed by atoms with E-state index in [2.05, 4.69) is 4.98 Å². The van der Waals surface area contributed by atoms with Gasteiger partial charge in [0.25, 0.3) is 0 Å². The smallest absolute Gasteiger partial charge is 0.341 e. The van der Waals surface area contributed by atoms with E-state index in [4.69, 9.17) is 27.9 Å². The molecule has 0 aliphatic carbocycles. The van der Waals surface area contributed by atoms with E-state index in [1.165, 1.54) is 6.07 Å². The van der Waals surface area contributed by atoms with Gasteiger partial charge in [0.15, 0.2) is 0 Å². The van der Waals surface area contributed by atoms with E-state index in [1.54, 1.807) is 28.8 Å². The van der Waals surface area contributed by atoms with Crippen LogP contribution in [0, 0.1) is 6.92 Å². The third kappa shape index (κ3) is 3.88. The summed E-state index contributed by atoms with van der Waals surface area (Å²) in [6, 6.07) is 11.1. The Hall–Kier alpha value is -2.83. The number of hydrogen-bond acceptors (Lipinski definition) is 4. The van der Waals surface area contributed by atoms with Gasteiger partial charge >= 0.3 is 5.97 Å². The lowest BCUT2D eigenvalue weighted by Crippen LogP contribution is -2.21. The SMILES string of the molecule is CCn1c(Oc2cccc(C)n2)cc(=O)c(C(=O)O)c1-c1ccc(Cl)c(Cl)c1. The number of carboxylic acid groups (broad SMARTS) is 1. The predicted octanol–water partition coefficient (Wildman–Crippen LogP) is 5.04. The fraction of sp³-hybridized carbons (Fsp3) is 0.150. The highest BCUT2D eigenvalue weighted by molar-refractivity contribution is 6.42. The zero-order valence-corrected chi connectivity index (χ0v) is 16.6. The van der Waals surface area contributed by atoms with Crippen LogP contribution in [0.4, 0.5) is 0 Å². The molecule has 0 spiro atoms. The number of hydrogen-bond donors (Lipinski definition) is 1. The summed E-state index contributed by atoms with van der Waals surface area (Å²) in [5.74, 6) is -0.866. The van der Waals surface area contributed by atoms with Gasteiger partial charge in [0.2, 0.25) is 17.2 Å². The maximum atomic E-state index is 12.6. The Bertz CT molecular complexity index is 1130. The van der Waals surface area contributed by atoms with Crippen LogP contribution in [-0.2, 0) is 6.54 Å². The highest BCUT2D eigenvalue weighted by atomic mass is 35.5. The quantitative estimate of drug-likeness (QED) is 0.627. The molecule has 3 aromatic rings. The molecule has 0 atom stereocenters. The molecule has 0 bridgehead atoms. The van der Waals surface area contributed by atoms with Gasteiger partial charge in [0, 0.05) is 29.9 Å². The van der Waals surface area contributed by atoms with Crippen molar-refractivity contribution < 1.29 is 14.6 Å². The zero-order valence-electron chi connectivity index (χ0n) is 15.1. The van der Waals surface area contributed by atoms with Gasteiger partial charge in [-0.2, -0.15) is 0 Å². The number of benzene rings is 1. The van der Waals surface area contributed by atoms with Crippen LogP contribution in [-0.4, -0.2) is 20.6 Å². The molecule has 0 fully saturated rings. The van der Waals surface area contributed by atoms with E-state index in [-0.39, 0.29) is 22.2 Å². The minimum absolute atomic E-state index is 0.177. The van der Waals surface area contributed by atoms with Crippen LogP contribution in [0.25, 0.3) is 11.3 Å². The lowest BCUT2D eigenvalue weighted by Gasteiger charge is -2.19. The molecular formula is C20H16Cl2N2O4. The van der Waals surface area contributed by atoms with Crippen LogP contribution in [0.2, 0.25) is 10.0 Å². The minimum Gasteiger partial charge on any atom is -0.477 e. The van der Waals surface area contributed by atoms with Crippen molar-refractivity contribution in [2.45, 2.75) is 20.4 Å². The molecule has 0 aliphatic heterocycles. The Kier molecular flexibility index (Phi) is 5.72. The molecule has 144 valence electrons. The van der Waals surface area contributed by atoms with Gasteiger partial charge in [-0.1, -0.05) is 35.3 Å². The maximum Gasteiger partial charge on any atom is 0.341 e. The number of aromatic carboxylic acids is 1. The second-order valence-corrected chi connectivity index (χ2v) is 6.78. The Morgan fingerprint density at radius 3 is 2.54 bits per heavy atom. The highest BCUT2D eigenvalue weighted by Gasteiger charge is 2.23. The number of carboxylic acids is 1. The largest absolute Gasteiger partial charge is 0.477 e. The molecule has 3 rings (SSSR count). The Morgan fingerprint density at radius 1 is 1.18 bits per heavy atom. The molecule has 28 heavy (non-hydrogen) atoms. The average molecular weight is 419 g/mol. The van der Waals surface area contributed by atoms with Gasteiger partial charge in [0.05, 0.1) is 15.7 Å².